The fourth-order valence-electron chi connectivity index (χ4n) is 3.95. The molecule has 0 radical (unpaired) electrons. The Hall–Kier alpha value is -1.09. The average Bonchev–Trinajstić information content (AvgIpc) is 2.97. The maximum atomic E-state index is 4.93. The Kier molecular flexibility index (Phi) is 4.48. The molecule has 0 saturated carbocycles. The van der Waals surface area contributed by atoms with Crippen molar-refractivity contribution in [2.75, 3.05) is 24.5 Å². The summed E-state index contributed by atoms with van der Waals surface area (Å²) in [5.74, 6) is 1.19. The third-order valence-electron chi connectivity index (χ3n) is 5.11. The Labute approximate surface area is 129 Å². The number of hydrogen-bond donors (Lipinski definition) is 0. The van der Waals surface area contributed by atoms with Gasteiger partial charge in [0.15, 0.2) is 0 Å². The molecule has 3 heteroatoms. The van der Waals surface area contributed by atoms with E-state index in [-0.39, 0.29) is 0 Å². The highest BCUT2D eigenvalue weighted by molar-refractivity contribution is 5.43. The number of anilines is 1. The zero-order chi connectivity index (χ0) is 14.8. The third-order valence-corrected chi connectivity index (χ3v) is 5.11. The molecule has 0 unspecified atom stereocenters. The zero-order valence-corrected chi connectivity index (χ0v) is 13.8. The first kappa shape index (κ1) is 14.8. The minimum absolute atomic E-state index is 0.577. The van der Waals surface area contributed by atoms with Crippen LogP contribution in [0, 0.1) is 6.92 Å². The van der Waals surface area contributed by atoms with E-state index >= 15 is 0 Å². The molecule has 2 aliphatic rings. The van der Waals surface area contributed by atoms with Crippen LogP contribution in [-0.2, 0) is 0 Å². The first-order valence-corrected chi connectivity index (χ1v) is 8.65. The number of pyridine rings is 1. The molecule has 3 rings (SSSR count). The largest absolute Gasteiger partial charge is 0.357 e. The minimum Gasteiger partial charge on any atom is -0.357 e. The molecular weight excluding hydrogens is 258 g/mol. The van der Waals surface area contributed by atoms with Gasteiger partial charge in [-0.1, -0.05) is 6.07 Å². The van der Waals surface area contributed by atoms with E-state index in [4.69, 9.17) is 4.98 Å². The highest BCUT2D eigenvalue weighted by atomic mass is 15.2. The Morgan fingerprint density at radius 2 is 1.81 bits per heavy atom. The minimum atomic E-state index is 0.577. The molecule has 1 aromatic heterocycles. The molecule has 0 bridgehead atoms. The molecule has 2 fully saturated rings. The molecule has 21 heavy (non-hydrogen) atoms. The van der Waals surface area contributed by atoms with Gasteiger partial charge in [-0.3, -0.25) is 4.90 Å². The number of piperidine rings is 1. The van der Waals surface area contributed by atoms with E-state index in [0.29, 0.717) is 12.1 Å². The molecule has 1 aromatic rings. The predicted molar refractivity (Wildman–Crippen MR) is 88.9 cm³/mol. The van der Waals surface area contributed by atoms with Gasteiger partial charge in [0.05, 0.1) is 0 Å². The van der Waals surface area contributed by atoms with Gasteiger partial charge in [-0.25, -0.2) is 4.98 Å². The normalized spacial score (nSPS) is 24.0. The van der Waals surface area contributed by atoms with Crippen molar-refractivity contribution in [3.8, 4) is 0 Å². The van der Waals surface area contributed by atoms with Crippen LogP contribution < -0.4 is 4.90 Å². The molecule has 0 N–H and O–H groups in total. The van der Waals surface area contributed by atoms with Gasteiger partial charge >= 0.3 is 0 Å². The van der Waals surface area contributed by atoms with Crippen molar-refractivity contribution in [3.05, 3.63) is 23.4 Å². The van der Waals surface area contributed by atoms with E-state index in [1.54, 1.807) is 0 Å². The molecule has 116 valence electrons. The van der Waals surface area contributed by atoms with E-state index in [1.807, 2.05) is 0 Å². The van der Waals surface area contributed by atoms with Crippen LogP contribution in [0.25, 0.3) is 0 Å². The van der Waals surface area contributed by atoms with Crippen molar-refractivity contribution in [3.63, 3.8) is 0 Å². The van der Waals surface area contributed by atoms with Gasteiger partial charge in [-0.05, 0) is 71.0 Å². The Morgan fingerprint density at radius 1 is 1.05 bits per heavy atom. The second kappa shape index (κ2) is 6.35. The van der Waals surface area contributed by atoms with Gasteiger partial charge in [-0.2, -0.15) is 0 Å². The standard InChI is InChI=1S/C18H29N3/c1-14(2)21-13-7-8-17(21)16-9-10-18(19-15(16)3)20-11-5-4-6-12-20/h9-10,14,17H,4-8,11-13H2,1-3H3/t17-/m0/s1. The van der Waals surface area contributed by atoms with Crippen molar-refractivity contribution < 1.29 is 0 Å². The molecule has 0 spiro atoms. The van der Waals surface area contributed by atoms with E-state index in [2.05, 4.69) is 42.7 Å². The predicted octanol–water partition coefficient (Wildman–Crippen LogP) is 3.93. The quantitative estimate of drug-likeness (QED) is 0.840. The van der Waals surface area contributed by atoms with Crippen LogP contribution in [0.5, 0.6) is 0 Å². The molecule has 0 aliphatic carbocycles. The zero-order valence-electron chi connectivity index (χ0n) is 13.8. The van der Waals surface area contributed by atoms with Gasteiger partial charge in [0.25, 0.3) is 0 Å². The van der Waals surface area contributed by atoms with E-state index in [9.17, 15) is 0 Å². The maximum absolute atomic E-state index is 4.93. The van der Waals surface area contributed by atoms with Crippen LogP contribution in [0.1, 0.15) is 63.3 Å². The second-order valence-corrected chi connectivity index (χ2v) is 6.88. The van der Waals surface area contributed by atoms with Crippen LogP contribution >= 0.6 is 0 Å². The summed E-state index contributed by atoms with van der Waals surface area (Å²) in [5.41, 5.74) is 2.68. The number of nitrogens with zero attached hydrogens (tertiary/aromatic N) is 3. The van der Waals surface area contributed by atoms with Crippen LogP contribution in [0.15, 0.2) is 12.1 Å². The molecule has 0 amide bonds. The van der Waals surface area contributed by atoms with Gasteiger partial charge in [-0.15, -0.1) is 0 Å². The summed E-state index contributed by atoms with van der Waals surface area (Å²) in [6.45, 7) is 10.4. The summed E-state index contributed by atoms with van der Waals surface area (Å²) in [6.07, 6.45) is 6.59. The number of hydrogen-bond acceptors (Lipinski definition) is 3. The van der Waals surface area contributed by atoms with Crippen LogP contribution in [0.2, 0.25) is 0 Å². The van der Waals surface area contributed by atoms with Crippen molar-refractivity contribution in [1.29, 1.82) is 0 Å². The fraction of sp³-hybridized carbons (Fsp3) is 0.722. The van der Waals surface area contributed by atoms with Crippen molar-refractivity contribution in [2.45, 2.75) is 65.0 Å². The summed E-state index contributed by atoms with van der Waals surface area (Å²) in [4.78, 5) is 10.0. The lowest BCUT2D eigenvalue weighted by atomic mass is 10.0. The smallest absolute Gasteiger partial charge is 0.128 e. The summed E-state index contributed by atoms with van der Waals surface area (Å²) in [6, 6.07) is 5.80. The van der Waals surface area contributed by atoms with Gasteiger partial charge in [0.2, 0.25) is 0 Å². The Balaban J connectivity index is 1.80. The van der Waals surface area contributed by atoms with Gasteiger partial charge < -0.3 is 4.90 Å². The number of likely N-dealkylation sites (tertiary alicyclic amines) is 1. The molecule has 0 aromatic carbocycles. The highest BCUT2D eigenvalue weighted by Crippen LogP contribution is 2.35. The summed E-state index contributed by atoms with van der Waals surface area (Å²) < 4.78 is 0. The lowest BCUT2D eigenvalue weighted by Crippen LogP contribution is -2.32. The average molecular weight is 287 g/mol. The first-order valence-electron chi connectivity index (χ1n) is 8.65. The van der Waals surface area contributed by atoms with Crippen molar-refractivity contribution in [2.24, 2.45) is 0 Å². The monoisotopic (exact) mass is 287 g/mol. The highest BCUT2D eigenvalue weighted by Gasteiger charge is 2.29. The van der Waals surface area contributed by atoms with Crippen LogP contribution in [0.3, 0.4) is 0 Å². The number of aromatic nitrogens is 1. The molecule has 3 heterocycles. The SMILES string of the molecule is Cc1nc(N2CCCCC2)ccc1[C@@H]1CCCN1C(C)C. The van der Waals surface area contributed by atoms with Gasteiger partial charge in [0, 0.05) is 30.9 Å². The maximum Gasteiger partial charge on any atom is 0.128 e. The summed E-state index contributed by atoms with van der Waals surface area (Å²) in [7, 11) is 0. The number of aryl methyl sites for hydroxylation is 1. The fourth-order valence-corrected chi connectivity index (χ4v) is 3.95. The van der Waals surface area contributed by atoms with Gasteiger partial charge in [0.1, 0.15) is 5.82 Å². The summed E-state index contributed by atoms with van der Waals surface area (Å²) in [5, 5.41) is 0. The van der Waals surface area contributed by atoms with E-state index in [1.165, 1.54) is 68.8 Å². The molecule has 2 aliphatic heterocycles. The lowest BCUT2D eigenvalue weighted by Gasteiger charge is -2.31. The van der Waals surface area contributed by atoms with Crippen LogP contribution in [-0.4, -0.2) is 35.6 Å². The number of rotatable bonds is 3. The van der Waals surface area contributed by atoms with Crippen molar-refractivity contribution >= 4 is 5.82 Å². The Bertz CT molecular complexity index is 477. The molecule has 3 nitrogen and oxygen atoms in total. The summed E-state index contributed by atoms with van der Waals surface area (Å²) >= 11 is 0. The molecule has 2 saturated heterocycles. The first-order chi connectivity index (χ1) is 10.2. The third kappa shape index (κ3) is 3.08. The van der Waals surface area contributed by atoms with Crippen LogP contribution in [0.4, 0.5) is 5.82 Å². The van der Waals surface area contributed by atoms with E-state index in [0.717, 1.165) is 0 Å². The molecule has 1 atom stereocenters. The Morgan fingerprint density at radius 3 is 2.48 bits per heavy atom. The van der Waals surface area contributed by atoms with Crippen molar-refractivity contribution in [1.82, 2.24) is 9.88 Å². The van der Waals surface area contributed by atoms with E-state index < -0.39 is 0 Å². The molecular formula is C18H29N3. The second-order valence-electron chi connectivity index (χ2n) is 6.88. The lowest BCUT2D eigenvalue weighted by molar-refractivity contribution is 0.204. The topological polar surface area (TPSA) is 19.4 Å².